The number of benzene rings is 2. The largest absolute Gasteiger partial charge is 0.396 e. The summed E-state index contributed by atoms with van der Waals surface area (Å²) in [6.07, 6.45) is 11.2. The van der Waals surface area contributed by atoms with Gasteiger partial charge in [-0.05, 0) is 78.4 Å². The molecule has 2 aromatic carbocycles. The third-order valence-electron chi connectivity index (χ3n) is 7.37. The maximum Gasteiger partial charge on any atom is 0.259 e. The lowest BCUT2D eigenvalue weighted by atomic mass is 9.87. The monoisotopic (exact) mass is 566 g/mol. The van der Waals surface area contributed by atoms with Gasteiger partial charge in [-0.1, -0.05) is 50.5 Å². The number of nitrogens with zero attached hydrogens (tertiary/aromatic N) is 2. The van der Waals surface area contributed by atoms with Gasteiger partial charge in [-0.3, -0.25) is 19.5 Å². The summed E-state index contributed by atoms with van der Waals surface area (Å²) >= 11 is 0. The van der Waals surface area contributed by atoms with Crippen LogP contribution in [0.5, 0.6) is 0 Å². The lowest BCUT2D eigenvalue weighted by Gasteiger charge is -2.33. The molecule has 0 aliphatic heterocycles. The van der Waals surface area contributed by atoms with E-state index in [0.29, 0.717) is 23.2 Å². The number of anilines is 2. The molecule has 1 unspecified atom stereocenters. The second kappa shape index (κ2) is 12.4. The van der Waals surface area contributed by atoms with E-state index >= 15 is 0 Å². The summed E-state index contributed by atoms with van der Waals surface area (Å²) in [7, 11) is 0. The topological polar surface area (TPSA) is 109 Å². The summed E-state index contributed by atoms with van der Waals surface area (Å²) in [6, 6.07) is 12.5. The number of aliphatic hydroxyl groups excluding tert-OH is 1. The normalized spacial score (nSPS) is 17.6. The van der Waals surface area contributed by atoms with Crippen molar-refractivity contribution in [3.05, 3.63) is 113 Å². The number of hydrogen-bond acceptors (Lipinski definition) is 5. The van der Waals surface area contributed by atoms with Crippen LogP contribution < -0.4 is 16.0 Å². The number of halogens is 1. The number of nitrogen functional groups attached to an aromatic ring is 1. The first kappa shape index (κ1) is 30.2. The number of nitrogens with one attached hydrogen (secondary N) is 1. The van der Waals surface area contributed by atoms with Crippen molar-refractivity contribution in [2.45, 2.75) is 57.7 Å². The van der Waals surface area contributed by atoms with Gasteiger partial charge in [0.15, 0.2) is 0 Å². The van der Waals surface area contributed by atoms with Crippen molar-refractivity contribution >= 4 is 23.2 Å². The van der Waals surface area contributed by atoms with Gasteiger partial charge in [0.1, 0.15) is 11.9 Å². The van der Waals surface area contributed by atoms with Crippen molar-refractivity contribution in [1.29, 1.82) is 0 Å². The summed E-state index contributed by atoms with van der Waals surface area (Å²) in [5.41, 5.74) is 8.90. The number of allylic oxidation sites excluding steroid dienone is 1. The third-order valence-corrected chi connectivity index (χ3v) is 7.37. The third kappa shape index (κ3) is 6.42. The molecule has 42 heavy (non-hydrogen) atoms. The van der Waals surface area contributed by atoms with Gasteiger partial charge in [0, 0.05) is 29.2 Å². The van der Waals surface area contributed by atoms with Crippen LogP contribution in [0.2, 0.25) is 0 Å². The highest BCUT2D eigenvalue weighted by Crippen LogP contribution is 2.34. The van der Waals surface area contributed by atoms with Crippen molar-refractivity contribution in [1.82, 2.24) is 10.3 Å². The molecule has 0 bridgehead atoms. The summed E-state index contributed by atoms with van der Waals surface area (Å²) in [6.45, 7) is 8.08. The number of pyridine rings is 1. The van der Waals surface area contributed by atoms with Crippen LogP contribution in [0.15, 0.2) is 90.3 Å². The van der Waals surface area contributed by atoms with Gasteiger partial charge in [-0.2, -0.15) is 0 Å². The van der Waals surface area contributed by atoms with Crippen molar-refractivity contribution in [2.24, 2.45) is 0 Å². The van der Waals surface area contributed by atoms with Crippen LogP contribution in [0.4, 0.5) is 15.8 Å². The molecule has 3 atom stereocenters. The predicted octanol–water partition coefficient (Wildman–Crippen LogP) is 5.24. The number of amides is 2. The lowest BCUT2D eigenvalue weighted by Crippen LogP contribution is -2.49. The van der Waals surface area contributed by atoms with Crippen LogP contribution in [0.1, 0.15) is 61.6 Å². The van der Waals surface area contributed by atoms with Gasteiger partial charge in [-0.25, -0.2) is 4.39 Å². The number of nitrogens with two attached hydrogens (primary N) is 1. The smallest absolute Gasteiger partial charge is 0.259 e. The Morgan fingerprint density at radius 1 is 1.21 bits per heavy atom. The van der Waals surface area contributed by atoms with Crippen molar-refractivity contribution < 1.29 is 19.1 Å². The minimum absolute atomic E-state index is 0.0116. The first-order valence-corrected chi connectivity index (χ1v) is 13.6. The summed E-state index contributed by atoms with van der Waals surface area (Å²) < 4.78 is 14.5. The predicted molar refractivity (Wildman–Crippen MR) is 163 cm³/mol. The summed E-state index contributed by atoms with van der Waals surface area (Å²) in [5, 5.41) is 13.8. The Labute approximate surface area is 246 Å². The summed E-state index contributed by atoms with van der Waals surface area (Å²) in [5.74, 6) is 0.519. The molecule has 0 fully saturated rings. The first-order valence-electron chi connectivity index (χ1n) is 13.6. The number of carbonyl (C=O) groups excluding carboxylic acids is 2. The molecule has 216 valence electrons. The van der Waals surface area contributed by atoms with E-state index in [-0.39, 0.29) is 16.7 Å². The van der Waals surface area contributed by atoms with E-state index in [1.54, 1.807) is 36.5 Å². The molecule has 1 heterocycles. The lowest BCUT2D eigenvalue weighted by molar-refractivity contribution is -0.123. The molecule has 0 radical (unpaired) electrons. The molecule has 3 aromatic rings. The molecular weight excluding hydrogens is 531 g/mol. The second-order valence-corrected chi connectivity index (χ2v) is 11.4. The SMILES string of the molecule is C#C/C=C\C1=C(C)C[C@@H](O)[C@H]1NC(=O)C(c1cccnc1)N(C(=O)c1ccc(N)c(F)c1)c1ccc(C(C)(C)C)cc1. The molecular formula is C34H35FN4O3. The van der Waals surface area contributed by atoms with E-state index in [1.165, 1.54) is 29.3 Å². The van der Waals surface area contributed by atoms with Gasteiger partial charge in [-0.15, -0.1) is 6.42 Å². The number of hydrogen-bond donors (Lipinski definition) is 3. The maximum atomic E-state index is 14.5. The van der Waals surface area contributed by atoms with Crippen LogP contribution in [-0.2, 0) is 10.2 Å². The minimum atomic E-state index is -1.22. The zero-order valence-corrected chi connectivity index (χ0v) is 24.1. The molecule has 0 saturated carbocycles. The first-order chi connectivity index (χ1) is 19.9. The molecule has 0 spiro atoms. The highest BCUT2D eigenvalue weighted by atomic mass is 19.1. The molecule has 2 amide bonds. The highest BCUT2D eigenvalue weighted by molar-refractivity contribution is 6.10. The Morgan fingerprint density at radius 3 is 2.52 bits per heavy atom. The molecule has 1 aliphatic rings. The zero-order chi connectivity index (χ0) is 30.6. The molecule has 8 heteroatoms. The van der Waals surface area contributed by atoms with Crippen LogP contribution in [0, 0.1) is 18.2 Å². The fourth-order valence-corrected chi connectivity index (χ4v) is 5.07. The fourth-order valence-electron chi connectivity index (χ4n) is 5.07. The number of terminal acetylenes is 1. The van der Waals surface area contributed by atoms with E-state index in [9.17, 15) is 19.1 Å². The molecule has 1 aliphatic carbocycles. The zero-order valence-electron chi connectivity index (χ0n) is 24.1. The van der Waals surface area contributed by atoms with Crippen LogP contribution in [0.25, 0.3) is 0 Å². The average molecular weight is 567 g/mol. The van der Waals surface area contributed by atoms with E-state index in [1.807, 2.05) is 19.1 Å². The van der Waals surface area contributed by atoms with Gasteiger partial charge in [0.05, 0.1) is 17.8 Å². The molecule has 1 aromatic heterocycles. The van der Waals surface area contributed by atoms with Gasteiger partial charge in [0.2, 0.25) is 5.91 Å². The van der Waals surface area contributed by atoms with Crippen LogP contribution >= 0.6 is 0 Å². The Balaban J connectivity index is 1.85. The maximum absolute atomic E-state index is 14.5. The average Bonchev–Trinajstić information content (AvgIpc) is 3.22. The van der Waals surface area contributed by atoms with Crippen molar-refractivity contribution in [2.75, 3.05) is 10.6 Å². The quantitative estimate of drug-likeness (QED) is 0.268. The Kier molecular flexibility index (Phi) is 8.93. The highest BCUT2D eigenvalue weighted by Gasteiger charge is 2.38. The number of aliphatic hydroxyl groups is 1. The molecule has 4 N–H and O–H groups in total. The number of aromatic nitrogens is 1. The minimum Gasteiger partial charge on any atom is -0.396 e. The van der Waals surface area contributed by atoms with Crippen LogP contribution in [-0.4, -0.2) is 34.1 Å². The van der Waals surface area contributed by atoms with Gasteiger partial charge >= 0.3 is 0 Å². The van der Waals surface area contributed by atoms with Crippen molar-refractivity contribution in [3.8, 4) is 12.3 Å². The fraction of sp³-hybridized carbons (Fsp3) is 0.265. The van der Waals surface area contributed by atoms with Crippen molar-refractivity contribution in [3.63, 3.8) is 0 Å². The Bertz CT molecular complexity index is 1570. The van der Waals surface area contributed by atoms with E-state index < -0.39 is 35.8 Å². The van der Waals surface area contributed by atoms with E-state index in [2.05, 4.69) is 37.0 Å². The standard InChI is InChI=1S/C34H35FN4O3/c1-6-7-10-26-21(2)18-29(40)30(26)38-32(41)31(23-9-8-17-37-20-23)39(25-14-12-24(13-15-25)34(3,4)5)33(42)22-11-16-28(36)27(35)19-22/h1,7-17,19-20,29-31,40H,18,36H2,2-5H3,(H,38,41)/b10-7-/t29-,30+,31?/m1/s1. The summed E-state index contributed by atoms with van der Waals surface area (Å²) in [4.78, 5) is 34.0. The molecule has 4 rings (SSSR count). The van der Waals surface area contributed by atoms with Gasteiger partial charge in [0.25, 0.3) is 5.91 Å². The second-order valence-electron chi connectivity index (χ2n) is 11.4. The Morgan fingerprint density at radius 2 is 1.93 bits per heavy atom. The number of rotatable bonds is 7. The number of carbonyl (C=O) groups is 2. The van der Waals surface area contributed by atoms with Crippen LogP contribution in [0.3, 0.4) is 0 Å². The van der Waals surface area contributed by atoms with E-state index in [0.717, 1.165) is 17.2 Å². The van der Waals surface area contributed by atoms with E-state index in [4.69, 9.17) is 12.2 Å². The van der Waals surface area contributed by atoms with Gasteiger partial charge < -0.3 is 16.2 Å². The molecule has 0 saturated heterocycles. The Hall–Kier alpha value is -4.74. The molecule has 7 nitrogen and oxygen atoms in total.